The van der Waals surface area contributed by atoms with Gasteiger partial charge in [-0.25, -0.2) is 0 Å². The van der Waals surface area contributed by atoms with Crippen molar-refractivity contribution in [2.75, 3.05) is 13.7 Å². The van der Waals surface area contributed by atoms with Gasteiger partial charge in [0.15, 0.2) is 0 Å². The Morgan fingerprint density at radius 3 is 2.50 bits per heavy atom. The van der Waals surface area contributed by atoms with Gasteiger partial charge in [0.25, 0.3) is 0 Å². The highest BCUT2D eigenvalue weighted by atomic mass is 16.5. The summed E-state index contributed by atoms with van der Waals surface area (Å²) in [5.41, 5.74) is 1.23. The molecule has 1 amide bonds. The van der Waals surface area contributed by atoms with Gasteiger partial charge in [-0.3, -0.25) is 9.69 Å². The van der Waals surface area contributed by atoms with E-state index in [9.17, 15) is 4.79 Å². The third-order valence-corrected chi connectivity index (χ3v) is 3.90. The zero-order valence-corrected chi connectivity index (χ0v) is 12.0. The topological polar surface area (TPSA) is 41.6 Å². The number of rotatable bonds is 7. The van der Waals surface area contributed by atoms with E-state index in [1.807, 2.05) is 12.1 Å². The van der Waals surface area contributed by atoms with E-state index in [4.69, 9.17) is 4.74 Å². The average molecular weight is 274 g/mol. The summed E-state index contributed by atoms with van der Waals surface area (Å²) in [6.45, 7) is 1.36. The molecule has 0 spiro atoms. The van der Waals surface area contributed by atoms with Crippen LogP contribution in [0.1, 0.15) is 31.2 Å². The molecule has 0 aliphatic heterocycles. The van der Waals surface area contributed by atoms with E-state index in [1.165, 1.54) is 18.4 Å². The molecule has 20 heavy (non-hydrogen) atoms. The first-order chi connectivity index (χ1) is 9.74. The van der Waals surface area contributed by atoms with Gasteiger partial charge in [0, 0.05) is 18.6 Å². The molecule has 1 N–H and O–H groups in total. The molecule has 0 saturated heterocycles. The van der Waals surface area contributed by atoms with Crippen LogP contribution in [0.5, 0.6) is 5.75 Å². The van der Waals surface area contributed by atoms with Gasteiger partial charge in [-0.1, -0.05) is 12.1 Å². The van der Waals surface area contributed by atoms with E-state index in [1.54, 1.807) is 7.11 Å². The fraction of sp³-hybridized carbons (Fsp3) is 0.562. The van der Waals surface area contributed by atoms with E-state index in [0.717, 1.165) is 25.1 Å². The molecule has 1 aromatic carbocycles. The second-order valence-corrected chi connectivity index (χ2v) is 5.83. The van der Waals surface area contributed by atoms with Gasteiger partial charge in [0.05, 0.1) is 13.7 Å². The number of hydrogen-bond donors (Lipinski definition) is 1. The summed E-state index contributed by atoms with van der Waals surface area (Å²) < 4.78 is 5.17. The molecule has 1 aromatic rings. The Balaban J connectivity index is 1.56. The van der Waals surface area contributed by atoms with Crippen molar-refractivity contribution in [2.45, 2.75) is 44.3 Å². The summed E-state index contributed by atoms with van der Waals surface area (Å²) in [5, 5.41) is 3.07. The number of methoxy groups -OCH3 is 1. The number of carbonyl (C=O) groups excluding carboxylic acids is 1. The monoisotopic (exact) mass is 274 g/mol. The summed E-state index contributed by atoms with van der Waals surface area (Å²) in [6, 6.07) is 9.14. The number of hydrogen-bond acceptors (Lipinski definition) is 3. The molecule has 2 aliphatic rings. The maximum Gasteiger partial charge on any atom is 0.234 e. The Morgan fingerprint density at radius 2 is 1.95 bits per heavy atom. The average Bonchev–Trinajstić information content (AvgIpc) is 3.32. The molecular formula is C16H22N2O2. The van der Waals surface area contributed by atoms with Crippen molar-refractivity contribution in [3.8, 4) is 5.75 Å². The zero-order valence-electron chi connectivity index (χ0n) is 12.0. The van der Waals surface area contributed by atoms with Crippen LogP contribution in [0, 0.1) is 0 Å². The molecule has 0 unspecified atom stereocenters. The summed E-state index contributed by atoms with van der Waals surface area (Å²) in [6.07, 6.45) is 4.72. The lowest BCUT2D eigenvalue weighted by Crippen LogP contribution is -2.38. The maximum atomic E-state index is 12.0. The van der Waals surface area contributed by atoms with Crippen LogP contribution in [-0.2, 0) is 11.3 Å². The first-order valence-electron chi connectivity index (χ1n) is 7.41. The van der Waals surface area contributed by atoms with E-state index in [0.29, 0.717) is 18.6 Å². The van der Waals surface area contributed by atoms with Crippen molar-refractivity contribution >= 4 is 5.91 Å². The van der Waals surface area contributed by atoms with Crippen LogP contribution < -0.4 is 10.1 Å². The van der Waals surface area contributed by atoms with Crippen LogP contribution in [0.3, 0.4) is 0 Å². The normalized spacial score (nSPS) is 18.1. The Morgan fingerprint density at radius 1 is 1.25 bits per heavy atom. The molecule has 2 aliphatic carbocycles. The lowest BCUT2D eigenvalue weighted by atomic mass is 10.2. The third kappa shape index (κ3) is 3.73. The molecule has 4 nitrogen and oxygen atoms in total. The van der Waals surface area contributed by atoms with E-state index >= 15 is 0 Å². The van der Waals surface area contributed by atoms with Gasteiger partial charge in [0.2, 0.25) is 5.91 Å². The number of benzene rings is 1. The van der Waals surface area contributed by atoms with Gasteiger partial charge >= 0.3 is 0 Å². The molecule has 108 valence electrons. The molecule has 0 radical (unpaired) electrons. The molecule has 4 heteroatoms. The van der Waals surface area contributed by atoms with Crippen molar-refractivity contribution in [3.63, 3.8) is 0 Å². The number of carbonyl (C=O) groups is 1. The van der Waals surface area contributed by atoms with Crippen molar-refractivity contribution in [2.24, 2.45) is 0 Å². The van der Waals surface area contributed by atoms with Gasteiger partial charge in [-0.2, -0.15) is 0 Å². The predicted molar refractivity (Wildman–Crippen MR) is 77.6 cm³/mol. The molecule has 3 rings (SSSR count). The molecule has 0 bridgehead atoms. The minimum Gasteiger partial charge on any atom is -0.497 e. The minimum atomic E-state index is 0.174. The van der Waals surface area contributed by atoms with Crippen molar-refractivity contribution in [3.05, 3.63) is 29.8 Å². The van der Waals surface area contributed by atoms with Crippen LogP contribution >= 0.6 is 0 Å². The van der Waals surface area contributed by atoms with Gasteiger partial charge in [-0.05, 0) is 43.4 Å². The molecular weight excluding hydrogens is 252 g/mol. The number of amides is 1. The molecule has 0 atom stereocenters. The lowest BCUT2D eigenvalue weighted by Gasteiger charge is -2.21. The van der Waals surface area contributed by atoms with E-state index < -0.39 is 0 Å². The van der Waals surface area contributed by atoms with Crippen LogP contribution in [0.25, 0.3) is 0 Å². The number of nitrogens with zero attached hydrogens (tertiary/aromatic N) is 1. The molecule has 0 heterocycles. The first kappa shape index (κ1) is 13.4. The SMILES string of the molecule is COc1ccc(CN(CC(=O)NC2CC2)C2CC2)cc1. The van der Waals surface area contributed by atoms with Crippen LogP contribution in [-0.4, -0.2) is 36.5 Å². The largest absolute Gasteiger partial charge is 0.497 e. The first-order valence-corrected chi connectivity index (χ1v) is 7.41. The quantitative estimate of drug-likeness (QED) is 0.826. The summed E-state index contributed by atoms with van der Waals surface area (Å²) in [7, 11) is 1.67. The Labute approximate surface area is 120 Å². The van der Waals surface area contributed by atoms with Crippen molar-refractivity contribution < 1.29 is 9.53 Å². The second-order valence-electron chi connectivity index (χ2n) is 5.83. The molecule has 2 fully saturated rings. The Bertz CT molecular complexity index is 464. The van der Waals surface area contributed by atoms with Gasteiger partial charge in [0.1, 0.15) is 5.75 Å². The highest BCUT2D eigenvalue weighted by Crippen LogP contribution is 2.28. The van der Waals surface area contributed by atoms with Crippen molar-refractivity contribution in [1.82, 2.24) is 10.2 Å². The Hall–Kier alpha value is -1.55. The lowest BCUT2D eigenvalue weighted by molar-refractivity contribution is -0.122. The summed E-state index contributed by atoms with van der Waals surface area (Å²) in [5.74, 6) is 1.05. The predicted octanol–water partition coefficient (Wildman–Crippen LogP) is 1.94. The number of nitrogens with one attached hydrogen (secondary N) is 1. The summed E-state index contributed by atoms with van der Waals surface area (Å²) in [4.78, 5) is 14.2. The standard InChI is InChI=1S/C16H22N2O2/c1-20-15-8-2-12(3-9-15)10-18(14-6-7-14)11-16(19)17-13-4-5-13/h2-3,8-9,13-14H,4-7,10-11H2,1H3,(H,17,19). The fourth-order valence-corrected chi connectivity index (χ4v) is 2.40. The highest BCUT2D eigenvalue weighted by molar-refractivity contribution is 5.78. The second kappa shape index (κ2) is 5.83. The minimum absolute atomic E-state index is 0.174. The molecule has 0 aromatic heterocycles. The van der Waals surface area contributed by atoms with Crippen LogP contribution in [0.4, 0.5) is 0 Å². The summed E-state index contributed by atoms with van der Waals surface area (Å²) >= 11 is 0. The Kier molecular flexibility index (Phi) is 3.92. The van der Waals surface area contributed by atoms with E-state index in [2.05, 4.69) is 22.3 Å². The third-order valence-electron chi connectivity index (χ3n) is 3.90. The van der Waals surface area contributed by atoms with Crippen molar-refractivity contribution in [1.29, 1.82) is 0 Å². The number of ether oxygens (including phenoxy) is 1. The zero-order chi connectivity index (χ0) is 13.9. The van der Waals surface area contributed by atoms with Gasteiger partial charge < -0.3 is 10.1 Å². The smallest absolute Gasteiger partial charge is 0.234 e. The van der Waals surface area contributed by atoms with Gasteiger partial charge in [-0.15, -0.1) is 0 Å². The maximum absolute atomic E-state index is 12.0. The highest BCUT2D eigenvalue weighted by Gasteiger charge is 2.31. The van der Waals surface area contributed by atoms with Crippen LogP contribution in [0.2, 0.25) is 0 Å². The fourth-order valence-electron chi connectivity index (χ4n) is 2.40. The van der Waals surface area contributed by atoms with E-state index in [-0.39, 0.29) is 5.91 Å². The molecule has 2 saturated carbocycles. The van der Waals surface area contributed by atoms with Crippen LogP contribution in [0.15, 0.2) is 24.3 Å².